The van der Waals surface area contributed by atoms with E-state index in [9.17, 15) is 9.90 Å². The van der Waals surface area contributed by atoms with Gasteiger partial charge in [-0.1, -0.05) is 43.2 Å². The molecule has 3 atom stereocenters. The zero-order valence-corrected chi connectivity index (χ0v) is 14.9. The predicted molar refractivity (Wildman–Crippen MR) is 98.4 cm³/mol. The Morgan fingerprint density at radius 2 is 2.04 bits per heavy atom. The molecule has 1 aromatic carbocycles. The van der Waals surface area contributed by atoms with Gasteiger partial charge in [0.25, 0.3) is 0 Å². The Kier molecular flexibility index (Phi) is 4.72. The number of amides is 2. The predicted octanol–water partition coefficient (Wildman–Crippen LogP) is 3.64. The summed E-state index contributed by atoms with van der Waals surface area (Å²) in [5.41, 5.74) is 1.10. The zero-order chi connectivity index (χ0) is 18.0. The molecule has 2 amide bonds. The van der Waals surface area contributed by atoms with Gasteiger partial charge in [0.05, 0.1) is 18.1 Å². The smallest absolute Gasteiger partial charge is 0.317 e. The van der Waals surface area contributed by atoms with Crippen molar-refractivity contribution < 1.29 is 14.3 Å². The lowest BCUT2D eigenvalue weighted by Crippen LogP contribution is -2.60. The molecule has 4 rings (SSSR count). The van der Waals surface area contributed by atoms with Gasteiger partial charge in [-0.25, -0.2) is 4.79 Å². The van der Waals surface area contributed by atoms with Crippen LogP contribution >= 0.6 is 0 Å². The summed E-state index contributed by atoms with van der Waals surface area (Å²) in [6.45, 7) is 1.04. The highest BCUT2D eigenvalue weighted by Crippen LogP contribution is 2.46. The molecule has 5 heteroatoms. The molecule has 0 spiro atoms. The van der Waals surface area contributed by atoms with Crippen LogP contribution in [-0.4, -0.2) is 28.6 Å². The number of hydrogen-bond acceptors (Lipinski definition) is 3. The van der Waals surface area contributed by atoms with Crippen LogP contribution in [0.25, 0.3) is 0 Å². The molecule has 2 N–H and O–H groups in total. The van der Waals surface area contributed by atoms with Gasteiger partial charge in [-0.3, -0.25) is 0 Å². The normalized spacial score (nSPS) is 28.4. The van der Waals surface area contributed by atoms with Crippen molar-refractivity contribution in [3.8, 4) is 0 Å². The van der Waals surface area contributed by atoms with Crippen LogP contribution in [0.2, 0.25) is 0 Å². The Bertz CT molecular complexity index is 731. The van der Waals surface area contributed by atoms with Crippen molar-refractivity contribution in [1.82, 2.24) is 10.2 Å². The minimum Gasteiger partial charge on any atom is -0.472 e. The summed E-state index contributed by atoms with van der Waals surface area (Å²) >= 11 is 0. The second kappa shape index (κ2) is 7.16. The molecule has 1 aliphatic heterocycles. The Morgan fingerprint density at radius 3 is 2.81 bits per heavy atom. The average molecular weight is 354 g/mol. The van der Waals surface area contributed by atoms with Crippen molar-refractivity contribution in [3.63, 3.8) is 0 Å². The number of rotatable bonds is 3. The van der Waals surface area contributed by atoms with Crippen LogP contribution in [0.15, 0.2) is 53.3 Å². The first-order valence-electron chi connectivity index (χ1n) is 9.52. The maximum absolute atomic E-state index is 12.8. The molecule has 0 radical (unpaired) electrons. The van der Waals surface area contributed by atoms with Crippen molar-refractivity contribution in [2.75, 3.05) is 6.54 Å². The van der Waals surface area contributed by atoms with Gasteiger partial charge in [0.15, 0.2) is 0 Å². The number of piperidine rings is 1. The summed E-state index contributed by atoms with van der Waals surface area (Å²) in [5, 5.41) is 14.5. The Morgan fingerprint density at radius 1 is 1.23 bits per heavy atom. The lowest BCUT2D eigenvalue weighted by atomic mass is 9.66. The van der Waals surface area contributed by atoms with E-state index in [0.717, 1.165) is 36.8 Å². The third-order valence-corrected chi connectivity index (χ3v) is 6.04. The van der Waals surface area contributed by atoms with Crippen LogP contribution in [0, 0.1) is 5.92 Å². The molecular weight excluding hydrogens is 328 g/mol. The number of urea groups is 1. The summed E-state index contributed by atoms with van der Waals surface area (Å²) in [5.74, 6) is 0.0899. The van der Waals surface area contributed by atoms with Crippen LogP contribution in [-0.2, 0) is 12.1 Å². The van der Waals surface area contributed by atoms with Gasteiger partial charge in [0.2, 0.25) is 0 Å². The lowest BCUT2D eigenvalue weighted by Gasteiger charge is -2.52. The maximum Gasteiger partial charge on any atom is 0.317 e. The highest BCUT2D eigenvalue weighted by molar-refractivity contribution is 5.74. The number of hydrogen-bond donors (Lipinski definition) is 2. The summed E-state index contributed by atoms with van der Waals surface area (Å²) in [6.07, 6.45) is 7.98. The first-order valence-corrected chi connectivity index (χ1v) is 9.52. The number of likely N-dealkylation sites (tertiary alicyclic amines) is 1. The largest absolute Gasteiger partial charge is 0.472 e. The molecule has 0 unspecified atom stereocenters. The van der Waals surface area contributed by atoms with Gasteiger partial charge in [-0.05, 0) is 30.9 Å². The fourth-order valence-corrected chi connectivity index (χ4v) is 4.69. The molecule has 5 nitrogen and oxygen atoms in total. The van der Waals surface area contributed by atoms with Gasteiger partial charge in [-0.2, -0.15) is 0 Å². The molecule has 26 heavy (non-hydrogen) atoms. The van der Waals surface area contributed by atoms with E-state index in [1.807, 2.05) is 41.3 Å². The van der Waals surface area contributed by atoms with E-state index < -0.39 is 5.60 Å². The van der Waals surface area contributed by atoms with Crippen LogP contribution in [0.5, 0.6) is 0 Å². The van der Waals surface area contributed by atoms with Crippen molar-refractivity contribution >= 4 is 6.03 Å². The van der Waals surface area contributed by atoms with E-state index in [1.165, 1.54) is 0 Å². The number of carbonyl (C=O) groups excluding carboxylic acids is 1. The number of furan rings is 1. The molecule has 1 aliphatic carbocycles. The Hall–Kier alpha value is -2.27. The second-order valence-corrected chi connectivity index (χ2v) is 7.48. The first-order chi connectivity index (χ1) is 12.7. The fraction of sp³-hybridized carbons (Fsp3) is 0.476. The Balaban J connectivity index is 1.52. The summed E-state index contributed by atoms with van der Waals surface area (Å²) in [6, 6.07) is 11.9. The molecule has 0 bridgehead atoms. The van der Waals surface area contributed by atoms with E-state index >= 15 is 0 Å². The summed E-state index contributed by atoms with van der Waals surface area (Å²) < 4.78 is 5.06. The molecule has 1 saturated heterocycles. The number of nitrogens with zero attached hydrogens (tertiary/aromatic N) is 1. The Labute approximate surface area is 154 Å². The van der Waals surface area contributed by atoms with Gasteiger partial charge in [0.1, 0.15) is 0 Å². The topological polar surface area (TPSA) is 65.7 Å². The molecule has 2 fully saturated rings. The van der Waals surface area contributed by atoms with Gasteiger partial charge >= 0.3 is 6.03 Å². The molecular formula is C21H26N2O3. The quantitative estimate of drug-likeness (QED) is 0.884. The molecule has 138 valence electrons. The van der Waals surface area contributed by atoms with Crippen molar-refractivity contribution in [2.24, 2.45) is 5.92 Å². The molecule has 1 aromatic heterocycles. The van der Waals surface area contributed by atoms with Gasteiger partial charge in [-0.15, -0.1) is 0 Å². The molecule has 2 aliphatic rings. The van der Waals surface area contributed by atoms with E-state index in [-0.39, 0.29) is 18.0 Å². The van der Waals surface area contributed by atoms with Crippen molar-refractivity contribution in [2.45, 2.75) is 50.3 Å². The van der Waals surface area contributed by atoms with E-state index in [4.69, 9.17) is 4.42 Å². The monoisotopic (exact) mass is 354 g/mol. The molecule has 2 aromatic rings. The van der Waals surface area contributed by atoms with Crippen LogP contribution in [0.3, 0.4) is 0 Å². The third-order valence-electron chi connectivity index (χ3n) is 6.04. The number of carbonyl (C=O) groups is 1. The summed E-state index contributed by atoms with van der Waals surface area (Å²) in [4.78, 5) is 14.7. The van der Waals surface area contributed by atoms with Crippen LogP contribution in [0.1, 0.15) is 43.2 Å². The minimum atomic E-state index is -0.840. The van der Waals surface area contributed by atoms with Crippen molar-refractivity contribution in [3.05, 3.63) is 60.1 Å². The number of benzene rings is 1. The second-order valence-electron chi connectivity index (χ2n) is 7.48. The average Bonchev–Trinajstić information content (AvgIpc) is 3.21. The third kappa shape index (κ3) is 3.12. The maximum atomic E-state index is 12.8. The molecule has 2 heterocycles. The number of aliphatic hydroxyl groups is 1. The first kappa shape index (κ1) is 17.2. The van der Waals surface area contributed by atoms with Crippen LogP contribution in [0.4, 0.5) is 4.79 Å². The van der Waals surface area contributed by atoms with Crippen LogP contribution < -0.4 is 5.32 Å². The van der Waals surface area contributed by atoms with E-state index in [0.29, 0.717) is 19.5 Å². The van der Waals surface area contributed by atoms with Crippen molar-refractivity contribution in [1.29, 1.82) is 0 Å². The highest BCUT2D eigenvalue weighted by Gasteiger charge is 2.50. The van der Waals surface area contributed by atoms with Gasteiger partial charge < -0.3 is 19.7 Å². The van der Waals surface area contributed by atoms with E-state index in [2.05, 4.69) is 5.32 Å². The standard InChI is InChI=1S/C21H26N2O3/c24-20(22-14-16-10-13-26-15-16)23-12-11-21(25,17-6-2-1-3-7-17)18-8-4-5-9-19(18)23/h1-3,6-7,10,13,15,18-19,25H,4-5,8-9,11-12,14H2,(H,22,24)/t18-,19+,21+/m0/s1. The fourth-order valence-electron chi connectivity index (χ4n) is 4.69. The SMILES string of the molecule is O=C(NCc1ccoc1)N1CC[C@@](O)(c2ccccc2)[C@H]2CCCC[C@H]21. The summed E-state index contributed by atoms with van der Waals surface area (Å²) in [7, 11) is 0. The highest BCUT2D eigenvalue weighted by atomic mass is 16.3. The lowest BCUT2D eigenvalue weighted by molar-refractivity contribution is -0.108. The minimum absolute atomic E-state index is 0.0433. The molecule has 1 saturated carbocycles. The van der Waals surface area contributed by atoms with E-state index in [1.54, 1.807) is 12.5 Å². The zero-order valence-electron chi connectivity index (χ0n) is 14.9. The van der Waals surface area contributed by atoms with Gasteiger partial charge in [0, 0.05) is 30.6 Å². The number of nitrogens with one attached hydrogen (secondary N) is 1. The number of fused-ring (bicyclic) bond motifs is 1.